The van der Waals surface area contributed by atoms with Crippen LogP contribution in [0.25, 0.3) is 11.1 Å². The monoisotopic (exact) mass is 437 g/mol. The molecule has 2 aromatic carbocycles. The Kier molecular flexibility index (Phi) is 8.54. The molecule has 1 aromatic heterocycles. The van der Waals surface area contributed by atoms with Gasteiger partial charge in [-0.3, -0.25) is 4.68 Å². The van der Waals surface area contributed by atoms with Crippen LogP contribution in [0, 0.1) is 25.2 Å². The Morgan fingerprint density at radius 1 is 1.19 bits per heavy atom. The Morgan fingerprint density at radius 3 is 2.31 bits per heavy atom. The second-order valence-corrected chi connectivity index (χ2v) is 7.50. The minimum Gasteiger partial charge on any atom is -0.507 e. The van der Waals surface area contributed by atoms with Crippen molar-refractivity contribution < 1.29 is 19.4 Å². The first-order chi connectivity index (χ1) is 15.3. The predicted octanol–water partition coefficient (Wildman–Crippen LogP) is 6.20. The molecule has 7 heteroatoms. The number of aromatic nitrogens is 2. The van der Waals surface area contributed by atoms with Crippen molar-refractivity contribution in [2.75, 3.05) is 0 Å². The molecule has 1 heterocycles. The number of halogens is 1. The predicted molar refractivity (Wildman–Crippen MR) is 121 cm³/mol. The number of nitrogens with zero attached hydrogens (tertiary/aromatic N) is 3. The normalized spacial score (nSPS) is 11.2. The quantitative estimate of drug-likeness (QED) is 0.513. The number of rotatable bonds is 5. The van der Waals surface area contributed by atoms with Gasteiger partial charge in [0.05, 0.1) is 22.9 Å². The Hall–Kier alpha value is -3.66. The van der Waals surface area contributed by atoms with Crippen LogP contribution in [0.1, 0.15) is 72.5 Å². The molecule has 3 aromatic rings. The summed E-state index contributed by atoms with van der Waals surface area (Å²) < 4.78 is 13.9. The summed E-state index contributed by atoms with van der Waals surface area (Å²) in [5.74, 6) is -1.11. The number of phenolic OH excluding ortho intramolecular Hbond substituents is 1. The van der Waals surface area contributed by atoms with Crippen molar-refractivity contribution in [1.82, 2.24) is 9.78 Å². The highest BCUT2D eigenvalue weighted by molar-refractivity contribution is 5.88. The van der Waals surface area contributed by atoms with Crippen molar-refractivity contribution in [1.29, 1.82) is 5.26 Å². The smallest absolute Gasteiger partial charge is 0.379 e. The number of nitriles is 1. The third-order valence-electron chi connectivity index (χ3n) is 5.30. The number of carbonyl (C=O) groups is 1. The van der Waals surface area contributed by atoms with Gasteiger partial charge in [0.2, 0.25) is 0 Å². The number of aromatic hydroxyl groups is 1. The lowest BCUT2D eigenvalue weighted by Crippen LogP contribution is -2.11. The maximum atomic E-state index is 12.0. The molecule has 1 atom stereocenters. The number of hydrogen-bond donors (Lipinski definition) is 1. The zero-order valence-corrected chi connectivity index (χ0v) is 19.0. The molecule has 0 aliphatic heterocycles. The molecule has 0 saturated carbocycles. The van der Waals surface area contributed by atoms with E-state index in [9.17, 15) is 14.4 Å². The Morgan fingerprint density at radius 2 is 1.81 bits per heavy atom. The topological polar surface area (TPSA) is 88.1 Å². The zero-order chi connectivity index (χ0) is 23.8. The molecule has 0 amide bonds. The molecule has 3 rings (SSSR count). The van der Waals surface area contributed by atoms with E-state index < -0.39 is 5.97 Å². The first-order valence-electron chi connectivity index (χ1n) is 10.5. The number of aryl methyl sites for hydroxylation is 1. The van der Waals surface area contributed by atoms with Crippen LogP contribution >= 0.6 is 0 Å². The van der Waals surface area contributed by atoms with Crippen molar-refractivity contribution in [3.63, 3.8) is 0 Å². The van der Waals surface area contributed by atoms with Gasteiger partial charge in [-0.2, -0.15) is 10.4 Å². The molecule has 0 fully saturated rings. The highest BCUT2D eigenvalue weighted by Gasteiger charge is 2.19. The fourth-order valence-corrected chi connectivity index (χ4v) is 3.32. The molecule has 0 spiro atoms. The first kappa shape index (κ1) is 24.6. The van der Waals surface area contributed by atoms with Gasteiger partial charge in [-0.25, -0.2) is 9.74 Å². The average molecular weight is 438 g/mol. The van der Waals surface area contributed by atoms with Gasteiger partial charge in [0.25, 0.3) is 0 Å². The number of unbranched alkanes of at least 4 members (excludes halogenated alkanes) is 1. The molecule has 1 unspecified atom stereocenters. The van der Waals surface area contributed by atoms with E-state index in [1.165, 1.54) is 25.0 Å². The summed E-state index contributed by atoms with van der Waals surface area (Å²) in [6, 6.07) is 13.2. The number of carbonyl (C=O) groups excluding carboxylic acids is 1. The summed E-state index contributed by atoms with van der Waals surface area (Å²) in [6.07, 6.45) is 2.64. The van der Waals surface area contributed by atoms with Crippen LogP contribution in [-0.2, 0) is 4.94 Å². The average Bonchev–Trinajstić information content (AvgIpc) is 3.11. The highest BCUT2D eigenvalue weighted by atomic mass is 19.3. The van der Waals surface area contributed by atoms with E-state index in [2.05, 4.69) is 23.9 Å². The minimum atomic E-state index is -1.03. The van der Waals surface area contributed by atoms with Gasteiger partial charge in [0.15, 0.2) is 0 Å². The van der Waals surface area contributed by atoms with Crippen molar-refractivity contribution in [3.8, 4) is 22.9 Å². The summed E-state index contributed by atoms with van der Waals surface area (Å²) in [4.78, 5) is 14.5. The van der Waals surface area contributed by atoms with Crippen molar-refractivity contribution >= 4 is 5.97 Å². The van der Waals surface area contributed by atoms with E-state index in [1.54, 1.807) is 30.3 Å². The zero-order valence-electron chi connectivity index (χ0n) is 19.0. The molecule has 0 saturated heterocycles. The third kappa shape index (κ3) is 5.33. The van der Waals surface area contributed by atoms with Crippen molar-refractivity contribution in [3.05, 3.63) is 70.5 Å². The summed E-state index contributed by atoms with van der Waals surface area (Å²) in [5, 5.41) is 23.6. The highest BCUT2D eigenvalue weighted by Crippen LogP contribution is 2.33. The second-order valence-electron chi connectivity index (χ2n) is 7.50. The molecular weight excluding hydrogens is 409 g/mol. The van der Waals surface area contributed by atoms with Crippen LogP contribution in [0.3, 0.4) is 0 Å². The van der Waals surface area contributed by atoms with Crippen LogP contribution in [-0.4, -0.2) is 20.9 Å². The van der Waals surface area contributed by atoms with Gasteiger partial charge in [0, 0.05) is 15.8 Å². The number of hydrogen-bond acceptors (Lipinski definition) is 5. The van der Waals surface area contributed by atoms with E-state index in [-0.39, 0.29) is 22.9 Å². The Labute approximate surface area is 187 Å². The molecule has 1 N–H and O–H groups in total. The van der Waals surface area contributed by atoms with Crippen LogP contribution in [0.2, 0.25) is 0 Å². The first-order valence-corrected chi connectivity index (χ1v) is 10.5. The van der Waals surface area contributed by atoms with E-state index in [0.29, 0.717) is 0 Å². The number of benzene rings is 2. The van der Waals surface area contributed by atoms with Crippen LogP contribution in [0.4, 0.5) is 4.53 Å². The van der Waals surface area contributed by atoms with Gasteiger partial charge in [-0.05, 0) is 56.2 Å². The Balaban J connectivity index is 0.000000837. The largest absolute Gasteiger partial charge is 0.507 e. The molecule has 6 nitrogen and oxygen atoms in total. The second kappa shape index (κ2) is 11.1. The Bertz CT molecular complexity index is 1110. The van der Waals surface area contributed by atoms with Crippen molar-refractivity contribution in [2.45, 2.75) is 53.5 Å². The van der Waals surface area contributed by atoms with Gasteiger partial charge < -0.3 is 5.11 Å². The van der Waals surface area contributed by atoms with Gasteiger partial charge >= 0.3 is 5.97 Å². The van der Waals surface area contributed by atoms with Gasteiger partial charge in [0.1, 0.15) is 11.8 Å². The summed E-state index contributed by atoms with van der Waals surface area (Å²) in [6.45, 7) is 10.1. The standard InChI is InChI=1S/C21H18FN3O3.C4H10/c1-12-20(17-8-9-18(11-23)19(26)10-17)14(3)25(24-12)13(2)15-4-6-16(7-5-15)21(27)28-22;1-3-4-2/h4-10,13,26H,1-3H3;3-4H2,1-2H3. The van der Waals surface area contributed by atoms with Crippen LogP contribution in [0.15, 0.2) is 42.5 Å². The summed E-state index contributed by atoms with van der Waals surface area (Å²) in [5.41, 5.74) is 4.55. The van der Waals surface area contributed by atoms with Crippen LogP contribution in [0.5, 0.6) is 5.75 Å². The molecule has 168 valence electrons. The van der Waals surface area contributed by atoms with E-state index in [1.807, 2.05) is 31.5 Å². The van der Waals surface area contributed by atoms with Crippen molar-refractivity contribution in [2.24, 2.45) is 0 Å². The lowest BCUT2D eigenvalue weighted by molar-refractivity contribution is -0.0788. The SMILES string of the molecule is CCCC.Cc1nn(C(C)c2ccc(C(=O)OF)cc2)c(C)c1-c1ccc(C#N)c(O)c1. The molecule has 0 aliphatic carbocycles. The molecular formula is C25H28FN3O3. The molecule has 0 radical (unpaired) electrons. The van der Waals surface area contributed by atoms with Gasteiger partial charge in [-0.1, -0.05) is 44.9 Å². The lowest BCUT2D eigenvalue weighted by atomic mass is 10.0. The van der Waals surface area contributed by atoms with E-state index in [0.717, 1.165) is 28.1 Å². The maximum absolute atomic E-state index is 12.0. The molecule has 0 aliphatic rings. The molecule has 32 heavy (non-hydrogen) atoms. The third-order valence-corrected chi connectivity index (χ3v) is 5.30. The minimum absolute atomic E-state index is 0.0741. The molecule has 0 bridgehead atoms. The van der Waals surface area contributed by atoms with Gasteiger partial charge in [-0.15, -0.1) is 0 Å². The summed E-state index contributed by atoms with van der Waals surface area (Å²) >= 11 is 0. The van der Waals surface area contributed by atoms with Crippen LogP contribution < -0.4 is 0 Å². The number of phenols is 1. The van der Waals surface area contributed by atoms with E-state index in [4.69, 9.17) is 5.26 Å². The fourth-order valence-electron chi connectivity index (χ4n) is 3.32. The summed E-state index contributed by atoms with van der Waals surface area (Å²) in [7, 11) is 0. The lowest BCUT2D eigenvalue weighted by Gasteiger charge is -2.15. The fraction of sp³-hybridized carbons (Fsp3) is 0.320. The van der Waals surface area contributed by atoms with E-state index >= 15 is 0 Å². The maximum Gasteiger partial charge on any atom is 0.379 e.